The van der Waals surface area contributed by atoms with Crippen LogP contribution in [-0.4, -0.2) is 56.3 Å². The van der Waals surface area contributed by atoms with Crippen LogP contribution in [0.15, 0.2) is 36.4 Å². The Morgan fingerprint density at radius 2 is 1.87 bits per heavy atom. The Labute approximate surface area is 221 Å². The number of fused-ring (bicyclic) bond motifs is 1. The van der Waals surface area contributed by atoms with Crippen molar-refractivity contribution in [1.29, 1.82) is 0 Å². The number of carbonyl (C=O) groups is 1. The summed E-state index contributed by atoms with van der Waals surface area (Å²) in [5, 5.41) is 2.71. The minimum absolute atomic E-state index is 0.115. The number of nitrogen functional groups attached to an aromatic ring is 1. The lowest BCUT2D eigenvalue weighted by Gasteiger charge is -2.23. The quantitative estimate of drug-likeness (QED) is 0.447. The third-order valence-corrected chi connectivity index (χ3v) is 7.09. The molecule has 1 aromatic heterocycles. The second kappa shape index (κ2) is 11.0. The molecule has 1 amide bonds. The van der Waals surface area contributed by atoms with Gasteiger partial charge in [0.15, 0.2) is 0 Å². The number of nitrogens with two attached hydrogens (primary N) is 1. The van der Waals surface area contributed by atoms with Gasteiger partial charge in [0, 0.05) is 54.1 Å². The van der Waals surface area contributed by atoms with Crippen LogP contribution >= 0.6 is 0 Å². The van der Waals surface area contributed by atoms with E-state index in [9.17, 15) is 4.79 Å². The summed E-state index contributed by atoms with van der Waals surface area (Å²) >= 11 is 0. The Morgan fingerprint density at radius 3 is 2.63 bits per heavy atom. The van der Waals surface area contributed by atoms with Crippen LogP contribution in [0.5, 0.6) is 5.75 Å². The van der Waals surface area contributed by atoms with E-state index in [4.69, 9.17) is 15.2 Å². The third kappa shape index (κ3) is 5.49. The predicted octanol–water partition coefficient (Wildman–Crippen LogP) is 4.43. The molecule has 38 heavy (non-hydrogen) atoms. The minimum Gasteiger partial charge on any atom is -0.493 e. The molecule has 0 bridgehead atoms. The first-order valence-corrected chi connectivity index (χ1v) is 12.9. The number of aromatic nitrogens is 1. The van der Waals surface area contributed by atoms with E-state index in [2.05, 4.69) is 10.3 Å². The van der Waals surface area contributed by atoms with Crippen LogP contribution < -0.4 is 15.8 Å². The van der Waals surface area contributed by atoms with E-state index in [-0.39, 0.29) is 28.4 Å². The van der Waals surface area contributed by atoms with E-state index in [0.717, 1.165) is 42.9 Å². The second-order valence-corrected chi connectivity index (χ2v) is 10.2. The number of benzene rings is 2. The lowest BCUT2D eigenvalue weighted by Crippen LogP contribution is -2.32. The van der Waals surface area contributed by atoms with Crippen molar-refractivity contribution in [2.24, 2.45) is 5.92 Å². The average Bonchev–Trinajstić information content (AvgIpc) is 2.89. The lowest BCUT2D eigenvalue weighted by molar-refractivity contribution is 0.0495. The van der Waals surface area contributed by atoms with E-state index < -0.39 is 11.8 Å². The van der Waals surface area contributed by atoms with E-state index in [1.54, 1.807) is 12.1 Å². The molecular formula is C29H32F2N4O3. The standard InChI is InChI=1S/C29H32F2N4O3/c1-35(2)15-20-11-18(3-4-26(20)38-16-17-6-9-37-10-7-17)21-13-24(28(32)34-27(21)31)23-12-19-5-8-33-29(36)22(19)14-25(23)30/h3-4,11-14,17H,5-10,15-16H2,1-2H3,(H2,32,34)(H,33,36). The number of anilines is 1. The highest BCUT2D eigenvalue weighted by Crippen LogP contribution is 2.36. The summed E-state index contributed by atoms with van der Waals surface area (Å²) in [5.74, 6) is -0.593. The molecule has 2 aromatic carbocycles. The van der Waals surface area contributed by atoms with Crippen LogP contribution in [0.3, 0.4) is 0 Å². The van der Waals surface area contributed by atoms with E-state index in [0.29, 0.717) is 43.2 Å². The number of pyridine rings is 1. The fourth-order valence-electron chi connectivity index (χ4n) is 5.04. The molecule has 0 radical (unpaired) electrons. The molecule has 1 saturated heterocycles. The van der Waals surface area contributed by atoms with Gasteiger partial charge < -0.3 is 25.4 Å². The van der Waals surface area contributed by atoms with Crippen molar-refractivity contribution in [3.05, 3.63) is 64.9 Å². The van der Waals surface area contributed by atoms with Gasteiger partial charge in [0.2, 0.25) is 5.95 Å². The maximum Gasteiger partial charge on any atom is 0.251 e. The summed E-state index contributed by atoms with van der Waals surface area (Å²) in [6, 6.07) is 9.87. The summed E-state index contributed by atoms with van der Waals surface area (Å²) in [5.41, 5.74) is 9.26. The molecule has 5 rings (SSSR count). The topological polar surface area (TPSA) is 89.7 Å². The number of nitrogens with zero attached hydrogens (tertiary/aromatic N) is 2. The zero-order chi connectivity index (χ0) is 26.8. The van der Waals surface area contributed by atoms with Gasteiger partial charge in [-0.2, -0.15) is 4.39 Å². The molecule has 2 aliphatic heterocycles. The number of nitrogens with one attached hydrogen (secondary N) is 1. The van der Waals surface area contributed by atoms with Crippen molar-refractivity contribution in [2.75, 3.05) is 46.2 Å². The van der Waals surface area contributed by atoms with Gasteiger partial charge in [-0.25, -0.2) is 9.37 Å². The Hall–Kier alpha value is -3.56. The van der Waals surface area contributed by atoms with Gasteiger partial charge in [0.1, 0.15) is 17.4 Å². The SMILES string of the molecule is CN(C)Cc1cc(-c2cc(-c3cc4c(cc3F)C(=O)NCC4)c(N)nc2F)ccc1OCC1CCOCC1. The van der Waals surface area contributed by atoms with Crippen molar-refractivity contribution in [3.63, 3.8) is 0 Å². The summed E-state index contributed by atoms with van der Waals surface area (Å²) < 4.78 is 41.9. The Bertz CT molecular complexity index is 1360. The van der Waals surface area contributed by atoms with Gasteiger partial charge in [-0.05, 0) is 80.7 Å². The summed E-state index contributed by atoms with van der Waals surface area (Å²) in [6.45, 7) is 3.16. The molecule has 0 saturated carbocycles. The first-order valence-electron chi connectivity index (χ1n) is 12.9. The largest absolute Gasteiger partial charge is 0.493 e. The highest BCUT2D eigenvalue weighted by atomic mass is 19.1. The van der Waals surface area contributed by atoms with Gasteiger partial charge in [0.05, 0.1) is 6.61 Å². The molecule has 7 nitrogen and oxygen atoms in total. The first-order chi connectivity index (χ1) is 18.3. The molecule has 3 N–H and O–H groups in total. The molecular weight excluding hydrogens is 490 g/mol. The van der Waals surface area contributed by atoms with Gasteiger partial charge in [-0.15, -0.1) is 0 Å². The normalized spacial score (nSPS) is 15.9. The molecule has 200 valence electrons. The van der Waals surface area contributed by atoms with Crippen LogP contribution in [0.1, 0.15) is 34.3 Å². The highest BCUT2D eigenvalue weighted by Gasteiger charge is 2.23. The summed E-state index contributed by atoms with van der Waals surface area (Å²) in [7, 11) is 3.91. The Morgan fingerprint density at radius 1 is 1.08 bits per heavy atom. The molecule has 9 heteroatoms. The lowest BCUT2D eigenvalue weighted by atomic mass is 9.93. The summed E-state index contributed by atoms with van der Waals surface area (Å²) in [4.78, 5) is 18.1. The van der Waals surface area contributed by atoms with Crippen molar-refractivity contribution < 1.29 is 23.0 Å². The second-order valence-electron chi connectivity index (χ2n) is 10.2. The summed E-state index contributed by atoms with van der Waals surface area (Å²) in [6.07, 6.45) is 2.51. The smallest absolute Gasteiger partial charge is 0.251 e. The van der Waals surface area contributed by atoms with Gasteiger partial charge in [0.25, 0.3) is 5.91 Å². The van der Waals surface area contributed by atoms with E-state index in [1.807, 2.05) is 31.1 Å². The monoisotopic (exact) mass is 522 g/mol. The third-order valence-electron chi connectivity index (χ3n) is 7.09. The Kier molecular flexibility index (Phi) is 7.58. The van der Waals surface area contributed by atoms with Crippen LogP contribution in [0.2, 0.25) is 0 Å². The maximum absolute atomic E-state index is 15.2. The van der Waals surface area contributed by atoms with Crippen LogP contribution in [0, 0.1) is 17.7 Å². The molecule has 3 aromatic rings. The predicted molar refractivity (Wildman–Crippen MR) is 142 cm³/mol. The van der Waals surface area contributed by atoms with Crippen LogP contribution in [0.25, 0.3) is 22.3 Å². The number of hydrogen-bond acceptors (Lipinski definition) is 6. The zero-order valence-electron chi connectivity index (χ0n) is 21.7. The van der Waals surface area contributed by atoms with Crippen LogP contribution in [-0.2, 0) is 17.7 Å². The fourth-order valence-corrected chi connectivity index (χ4v) is 5.04. The molecule has 0 unspecified atom stereocenters. The number of ether oxygens (including phenoxy) is 2. The molecule has 1 fully saturated rings. The number of rotatable bonds is 7. The number of halogens is 2. The first kappa shape index (κ1) is 26.1. The van der Waals surface area contributed by atoms with Gasteiger partial charge in [-0.3, -0.25) is 4.79 Å². The molecule has 3 heterocycles. The number of carbonyl (C=O) groups excluding carboxylic acids is 1. The van der Waals surface area contributed by atoms with Crippen molar-refractivity contribution in [1.82, 2.24) is 15.2 Å². The minimum atomic E-state index is -0.740. The number of amides is 1. The van der Waals surface area contributed by atoms with Crippen molar-refractivity contribution in [2.45, 2.75) is 25.8 Å². The highest BCUT2D eigenvalue weighted by molar-refractivity contribution is 5.97. The maximum atomic E-state index is 15.2. The molecule has 2 aliphatic rings. The molecule has 0 atom stereocenters. The van der Waals surface area contributed by atoms with Crippen molar-refractivity contribution in [3.8, 4) is 28.0 Å². The molecule has 0 aliphatic carbocycles. The fraction of sp³-hybridized carbons (Fsp3) is 0.379. The number of hydrogen-bond donors (Lipinski definition) is 2. The zero-order valence-corrected chi connectivity index (χ0v) is 21.7. The molecule has 0 spiro atoms. The van der Waals surface area contributed by atoms with Crippen LogP contribution in [0.4, 0.5) is 14.6 Å². The van der Waals surface area contributed by atoms with Crippen molar-refractivity contribution >= 4 is 11.7 Å². The Balaban J connectivity index is 1.50. The van der Waals surface area contributed by atoms with E-state index >= 15 is 8.78 Å². The van der Waals surface area contributed by atoms with Gasteiger partial charge >= 0.3 is 0 Å². The van der Waals surface area contributed by atoms with E-state index in [1.165, 1.54) is 12.1 Å². The average molecular weight is 523 g/mol. The van der Waals surface area contributed by atoms with Gasteiger partial charge in [-0.1, -0.05) is 6.07 Å².